The van der Waals surface area contributed by atoms with Crippen LogP contribution >= 0.6 is 0 Å². The van der Waals surface area contributed by atoms with Gasteiger partial charge in [0.1, 0.15) is 17.7 Å². The van der Waals surface area contributed by atoms with Crippen molar-refractivity contribution in [3.63, 3.8) is 0 Å². The lowest BCUT2D eigenvalue weighted by Crippen LogP contribution is -2.54. The van der Waals surface area contributed by atoms with Gasteiger partial charge < -0.3 is 20.3 Å². The minimum atomic E-state index is -0.799. The summed E-state index contributed by atoms with van der Waals surface area (Å²) in [5.41, 5.74) is 2.09. The molecule has 0 radical (unpaired) electrons. The van der Waals surface area contributed by atoms with E-state index in [9.17, 15) is 14.4 Å². The lowest BCUT2D eigenvalue weighted by molar-refractivity contribution is -0.143. The fraction of sp³-hybridized carbons (Fsp3) is 0.700. The molecule has 210 valence electrons. The quantitative estimate of drug-likeness (QED) is 0.287. The molecule has 2 unspecified atom stereocenters. The van der Waals surface area contributed by atoms with Gasteiger partial charge in [-0.3, -0.25) is 9.59 Å². The van der Waals surface area contributed by atoms with Crippen molar-refractivity contribution < 1.29 is 19.1 Å². The lowest BCUT2D eigenvalue weighted by atomic mass is 9.92. The highest BCUT2D eigenvalue weighted by atomic mass is 16.6. The molecule has 1 aromatic rings. The van der Waals surface area contributed by atoms with E-state index in [1.165, 1.54) is 0 Å². The number of alkyl carbamates (subject to hydrolysis) is 1. The maximum Gasteiger partial charge on any atom is 0.408 e. The number of ether oxygens (including phenoxy) is 1. The first-order valence-corrected chi connectivity index (χ1v) is 14.0. The van der Waals surface area contributed by atoms with Crippen LogP contribution in [-0.2, 0) is 14.3 Å². The molecule has 0 spiro atoms. The fourth-order valence-electron chi connectivity index (χ4n) is 4.41. The predicted octanol–water partition coefficient (Wildman–Crippen LogP) is 6.22. The van der Waals surface area contributed by atoms with Crippen LogP contribution in [0.5, 0.6) is 0 Å². The molecule has 3 amide bonds. The fourth-order valence-corrected chi connectivity index (χ4v) is 4.41. The van der Waals surface area contributed by atoms with E-state index >= 15 is 0 Å². The zero-order chi connectivity index (χ0) is 28.2. The van der Waals surface area contributed by atoms with Crippen LogP contribution in [0.4, 0.5) is 4.79 Å². The van der Waals surface area contributed by atoms with Crippen molar-refractivity contribution in [2.45, 2.75) is 119 Å². The number of hydrogen-bond acceptors (Lipinski definition) is 4. The molecule has 37 heavy (non-hydrogen) atoms. The van der Waals surface area contributed by atoms with Crippen molar-refractivity contribution in [2.24, 2.45) is 5.92 Å². The Labute approximate surface area is 225 Å². The Bertz CT molecular complexity index is 856. The summed E-state index contributed by atoms with van der Waals surface area (Å²) in [4.78, 5) is 42.4. The summed E-state index contributed by atoms with van der Waals surface area (Å²) in [5.74, 6) is -0.288. The van der Waals surface area contributed by atoms with Gasteiger partial charge >= 0.3 is 6.09 Å². The van der Waals surface area contributed by atoms with Crippen molar-refractivity contribution in [1.82, 2.24) is 15.5 Å². The molecule has 2 N–H and O–H groups in total. The summed E-state index contributed by atoms with van der Waals surface area (Å²) >= 11 is 0. The molecule has 0 aromatic heterocycles. The molecule has 7 nitrogen and oxygen atoms in total. The van der Waals surface area contributed by atoms with Crippen LogP contribution in [0.3, 0.4) is 0 Å². The smallest absolute Gasteiger partial charge is 0.408 e. The SMILES string of the molecule is CCCCCN(C(=O)C(CC(C)C)NC(=O)OC(C)(C)C)C(C(=O)NCCCC)c1c(C)cccc1C. The molecule has 0 bridgehead atoms. The number of hydrogen-bond donors (Lipinski definition) is 2. The summed E-state index contributed by atoms with van der Waals surface area (Å²) in [6, 6.07) is 4.35. The number of unbranched alkanes of at least 4 members (excludes halogenated alkanes) is 3. The molecule has 1 rings (SSSR count). The van der Waals surface area contributed by atoms with Gasteiger partial charge in [0.05, 0.1) is 0 Å². The summed E-state index contributed by atoms with van der Waals surface area (Å²) in [7, 11) is 0. The first kappa shape index (κ1) is 32.5. The maximum atomic E-state index is 14.2. The number of nitrogens with one attached hydrogen (secondary N) is 2. The third-order valence-corrected chi connectivity index (χ3v) is 6.19. The minimum Gasteiger partial charge on any atom is -0.444 e. The van der Waals surface area contributed by atoms with Crippen molar-refractivity contribution in [2.75, 3.05) is 13.1 Å². The molecule has 0 fully saturated rings. The van der Waals surface area contributed by atoms with E-state index in [-0.39, 0.29) is 17.7 Å². The van der Waals surface area contributed by atoms with E-state index < -0.39 is 23.8 Å². The average Bonchev–Trinajstić information content (AvgIpc) is 2.77. The second kappa shape index (κ2) is 15.6. The molecule has 0 aliphatic heterocycles. The van der Waals surface area contributed by atoms with Crippen molar-refractivity contribution in [1.29, 1.82) is 0 Å². The standard InChI is InChI=1S/C30H51N3O4/c1-10-12-14-19-33(28(35)24(20-21(3)4)32-29(36)37-30(7,8)9)26(27(34)31-18-13-11-2)25-22(5)16-15-17-23(25)6/h15-17,21,24,26H,10-14,18-20H2,1-9H3,(H,31,34)(H,32,36). The predicted molar refractivity (Wildman–Crippen MR) is 150 cm³/mol. The first-order chi connectivity index (χ1) is 17.3. The van der Waals surface area contributed by atoms with Crippen LogP contribution in [0.2, 0.25) is 0 Å². The van der Waals surface area contributed by atoms with Crippen LogP contribution in [0, 0.1) is 19.8 Å². The molecule has 0 aliphatic carbocycles. The highest BCUT2D eigenvalue weighted by Crippen LogP contribution is 2.29. The van der Waals surface area contributed by atoms with Gasteiger partial charge in [0.2, 0.25) is 11.8 Å². The highest BCUT2D eigenvalue weighted by Gasteiger charge is 2.37. The summed E-state index contributed by atoms with van der Waals surface area (Å²) < 4.78 is 5.47. The zero-order valence-corrected chi connectivity index (χ0v) is 24.7. The number of carbonyl (C=O) groups excluding carboxylic acids is 3. The van der Waals surface area contributed by atoms with E-state index in [1.54, 1.807) is 25.7 Å². The van der Waals surface area contributed by atoms with Gasteiger partial charge in [-0.15, -0.1) is 0 Å². The van der Waals surface area contributed by atoms with Gasteiger partial charge in [0, 0.05) is 13.1 Å². The maximum absolute atomic E-state index is 14.2. The minimum absolute atomic E-state index is 0.151. The third-order valence-electron chi connectivity index (χ3n) is 6.19. The van der Waals surface area contributed by atoms with Gasteiger partial charge in [-0.1, -0.05) is 65.2 Å². The molecule has 0 saturated carbocycles. The van der Waals surface area contributed by atoms with Gasteiger partial charge in [0.15, 0.2) is 0 Å². The number of aryl methyl sites for hydroxylation is 2. The Morgan fingerprint density at radius 1 is 0.973 bits per heavy atom. The molecular formula is C30H51N3O4. The number of rotatable bonds is 14. The largest absolute Gasteiger partial charge is 0.444 e. The van der Waals surface area contributed by atoms with Crippen molar-refractivity contribution in [3.05, 3.63) is 34.9 Å². The molecule has 7 heteroatoms. The van der Waals surface area contributed by atoms with E-state index in [0.29, 0.717) is 19.5 Å². The highest BCUT2D eigenvalue weighted by molar-refractivity contribution is 5.92. The summed E-state index contributed by atoms with van der Waals surface area (Å²) in [5, 5.41) is 5.89. The van der Waals surface area contributed by atoms with E-state index in [2.05, 4.69) is 24.5 Å². The number of amides is 3. The van der Waals surface area contributed by atoms with E-state index in [1.807, 2.05) is 45.9 Å². The first-order valence-electron chi connectivity index (χ1n) is 14.0. The van der Waals surface area contributed by atoms with Crippen molar-refractivity contribution in [3.8, 4) is 0 Å². The number of benzene rings is 1. The Kier molecular flexibility index (Phi) is 13.7. The van der Waals surface area contributed by atoms with Crippen LogP contribution in [0.25, 0.3) is 0 Å². The summed E-state index contributed by atoms with van der Waals surface area (Å²) in [6.45, 7) is 18.5. The molecule has 0 saturated heterocycles. The second-order valence-electron chi connectivity index (χ2n) is 11.4. The second-order valence-corrected chi connectivity index (χ2v) is 11.4. The average molecular weight is 518 g/mol. The number of carbonyl (C=O) groups is 3. The Hall–Kier alpha value is -2.57. The third kappa shape index (κ3) is 11.1. The molecular weight excluding hydrogens is 466 g/mol. The van der Waals surface area contributed by atoms with Crippen molar-refractivity contribution >= 4 is 17.9 Å². The Balaban J connectivity index is 3.54. The monoisotopic (exact) mass is 517 g/mol. The Morgan fingerprint density at radius 3 is 2.08 bits per heavy atom. The van der Waals surface area contributed by atoms with Gasteiger partial charge in [0.25, 0.3) is 0 Å². The molecule has 0 heterocycles. The van der Waals surface area contributed by atoms with E-state index in [4.69, 9.17) is 4.74 Å². The van der Waals surface area contributed by atoms with Gasteiger partial charge in [-0.05, 0) is 76.5 Å². The van der Waals surface area contributed by atoms with Crippen LogP contribution in [0.15, 0.2) is 18.2 Å². The zero-order valence-electron chi connectivity index (χ0n) is 24.7. The van der Waals surface area contributed by atoms with Gasteiger partial charge in [-0.25, -0.2) is 4.79 Å². The van der Waals surface area contributed by atoms with Crippen LogP contribution < -0.4 is 10.6 Å². The molecule has 1 aromatic carbocycles. The molecule has 2 atom stereocenters. The van der Waals surface area contributed by atoms with Crippen LogP contribution in [-0.4, -0.2) is 47.5 Å². The van der Waals surface area contributed by atoms with E-state index in [0.717, 1.165) is 48.8 Å². The topological polar surface area (TPSA) is 87.7 Å². The normalized spacial score (nSPS) is 13.1. The summed E-state index contributed by atoms with van der Waals surface area (Å²) in [6.07, 6.45) is 4.34. The van der Waals surface area contributed by atoms with Gasteiger partial charge in [-0.2, -0.15) is 0 Å². The van der Waals surface area contributed by atoms with Crippen LogP contribution in [0.1, 0.15) is 110 Å². The molecule has 0 aliphatic rings. The number of nitrogens with zero attached hydrogens (tertiary/aromatic N) is 1. The Morgan fingerprint density at radius 2 is 1.57 bits per heavy atom. The lowest BCUT2D eigenvalue weighted by Gasteiger charge is -2.36.